The summed E-state index contributed by atoms with van der Waals surface area (Å²) in [7, 11) is 0. The number of nitrogens with one attached hydrogen (secondary N) is 2. The fraction of sp³-hybridized carbons (Fsp3) is 0.545. The summed E-state index contributed by atoms with van der Waals surface area (Å²) < 4.78 is 6.13. The van der Waals surface area contributed by atoms with Gasteiger partial charge in [0.15, 0.2) is 0 Å². The van der Waals surface area contributed by atoms with Gasteiger partial charge in [0.2, 0.25) is 0 Å². The molecule has 0 spiro atoms. The minimum atomic E-state index is -0.192. The van der Waals surface area contributed by atoms with Crippen LogP contribution in [0.3, 0.4) is 0 Å². The van der Waals surface area contributed by atoms with Gasteiger partial charge >= 0.3 is 0 Å². The van der Waals surface area contributed by atoms with E-state index in [0.717, 1.165) is 44.0 Å². The Bertz CT molecular complexity index is 836. The third-order valence-corrected chi connectivity index (χ3v) is 5.19. The summed E-state index contributed by atoms with van der Waals surface area (Å²) in [6.45, 7) is 12.2. The number of amides is 1. The Morgan fingerprint density at radius 3 is 2.66 bits per heavy atom. The van der Waals surface area contributed by atoms with Crippen LogP contribution < -0.4 is 10.1 Å². The number of carbonyl (C=O) groups is 1. The number of likely N-dealkylation sites (tertiary alicyclic amines) is 1. The van der Waals surface area contributed by atoms with Crippen molar-refractivity contribution in [1.82, 2.24) is 20.2 Å². The molecule has 29 heavy (non-hydrogen) atoms. The molecular formula is C22H31ClN4O2. The van der Waals surface area contributed by atoms with Crippen LogP contribution >= 0.6 is 11.6 Å². The third-order valence-electron chi connectivity index (χ3n) is 4.89. The quantitative estimate of drug-likeness (QED) is 0.737. The fourth-order valence-electron chi connectivity index (χ4n) is 3.60. The molecule has 1 amide bonds. The molecule has 1 aromatic heterocycles. The van der Waals surface area contributed by atoms with Crippen LogP contribution in [0.15, 0.2) is 24.4 Å². The number of ether oxygens (including phenoxy) is 1. The van der Waals surface area contributed by atoms with E-state index in [1.54, 1.807) is 24.4 Å². The number of rotatable bonds is 6. The summed E-state index contributed by atoms with van der Waals surface area (Å²) in [5, 5.41) is 3.30. The Morgan fingerprint density at radius 1 is 1.34 bits per heavy atom. The van der Waals surface area contributed by atoms with Crippen molar-refractivity contribution in [2.75, 3.05) is 19.6 Å². The van der Waals surface area contributed by atoms with Crippen molar-refractivity contribution in [2.24, 2.45) is 5.41 Å². The fourth-order valence-corrected chi connectivity index (χ4v) is 3.82. The van der Waals surface area contributed by atoms with Gasteiger partial charge in [-0.3, -0.25) is 4.79 Å². The summed E-state index contributed by atoms with van der Waals surface area (Å²) in [6.07, 6.45) is 3.86. The van der Waals surface area contributed by atoms with E-state index in [2.05, 4.69) is 41.0 Å². The molecule has 0 unspecified atom stereocenters. The van der Waals surface area contributed by atoms with Gasteiger partial charge < -0.3 is 19.9 Å². The van der Waals surface area contributed by atoms with Gasteiger partial charge in [0, 0.05) is 37.1 Å². The number of hydrogen-bond donors (Lipinski definition) is 2. The predicted octanol–water partition coefficient (Wildman–Crippen LogP) is 4.19. The van der Waals surface area contributed by atoms with Gasteiger partial charge in [-0.1, -0.05) is 32.4 Å². The molecule has 3 rings (SSSR count). The van der Waals surface area contributed by atoms with Crippen molar-refractivity contribution in [3.8, 4) is 5.75 Å². The molecule has 2 aromatic rings. The Labute approximate surface area is 178 Å². The first-order valence-corrected chi connectivity index (χ1v) is 10.5. The largest absolute Gasteiger partial charge is 0.489 e. The second-order valence-corrected chi connectivity index (χ2v) is 9.40. The number of halogens is 1. The van der Waals surface area contributed by atoms with Crippen molar-refractivity contribution in [1.29, 1.82) is 0 Å². The summed E-state index contributed by atoms with van der Waals surface area (Å²) in [5.41, 5.74) is 1.78. The number of aryl methyl sites for hydroxylation is 1. The van der Waals surface area contributed by atoms with Crippen molar-refractivity contribution >= 4 is 17.5 Å². The lowest BCUT2D eigenvalue weighted by atomic mass is 9.94. The lowest BCUT2D eigenvalue weighted by Gasteiger charge is -2.36. The summed E-state index contributed by atoms with van der Waals surface area (Å²) in [4.78, 5) is 22.1. The van der Waals surface area contributed by atoms with E-state index >= 15 is 0 Å². The molecule has 0 atom stereocenters. The molecule has 1 aliphatic rings. The highest BCUT2D eigenvalue weighted by molar-refractivity contribution is 6.32. The van der Waals surface area contributed by atoms with Crippen LogP contribution in [-0.2, 0) is 6.54 Å². The normalized spacial score (nSPS) is 16.0. The van der Waals surface area contributed by atoms with Crippen molar-refractivity contribution in [3.63, 3.8) is 0 Å². The molecular weight excluding hydrogens is 388 g/mol. The van der Waals surface area contributed by atoms with Crippen LogP contribution in [0.5, 0.6) is 5.75 Å². The van der Waals surface area contributed by atoms with Crippen LogP contribution in [0.2, 0.25) is 5.02 Å². The number of piperidine rings is 1. The summed E-state index contributed by atoms with van der Waals surface area (Å²) >= 11 is 6.40. The maximum atomic E-state index is 12.4. The monoisotopic (exact) mass is 418 g/mol. The minimum absolute atomic E-state index is 0.158. The van der Waals surface area contributed by atoms with E-state index in [0.29, 0.717) is 28.3 Å². The van der Waals surface area contributed by atoms with Crippen LogP contribution in [0.1, 0.15) is 55.5 Å². The molecule has 1 fully saturated rings. The van der Waals surface area contributed by atoms with Gasteiger partial charge in [0.1, 0.15) is 17.7 Å². The molecule has 1 saturated heterocycles. The first-order chi connectivity index (χ1) is 13.7. The van der Waals surface area contributed by atoms with Crippen molar-refractivity contribution in [2.45, 2.75) is 53.2 Å². The maximum Gasteiger partial charge on any atom is 0.251 e. The van der Waals surface area contributed by atoms with Crippen LogP contribution in [-0.4, -0.2) is 46.5 Å². The standard InChI is InChI=1S/C22H31ClN4O2/c1-15-12-24-20(26-15)13-25-21(28)16-5-6-19(18(23)11-16)29-17-7-9-27(10-8-17)14-22(2,3)4/h5-6,11-12,17H,7-10,13-14H2,1-4H3,(H,24,26)(H,25,28). The first kappa shape index (κ1) is 21.7. The third kappa shape index (κ3) is 6.47. The van der Waals surface area contributed by atoms with E-state index in [1.165, 1.54) is 0 Å². The van der Waals surface area contributed by atoms with Gasteiger partial charge in [-0.2, -0.15) is 0 Å². The zero-order chi connectivity index (χ0) is 21.0. The zero-order valence-corrected chi connectivity index (χ0v) is 18.5. The van der Waals surface area contributed by atoms with Gasteiger partial charge in [-0.05, 0) is 43.4 Å². The van der Waals surface area contributed by atoms with Crippen molar-refractivity contribution < 1.29 is 9.53 Å². The lowest BCUT2D eigenvalue weighted by Crippen LogP contribution is -2.42. The molecule has 158 valence electrons. The maximum absolute atomic E-state index is 12.4. The Balaban J connectivity index is 1.51. The highest BCUT2D eigenvalue weighted by Crippen LogP contribution is 2.29. The van der Waals surface area contributed by atoms with E-state index in [1.807, 2.05) is 6.92 Å². The second-order valence-electron chi connectivity index (χ2n) is 8.99. The summed E-state index contributed by atoms with van der Waals surface area (Å²) in [6, 6.07) is 5.20. The van der Waals surface area contributed by atoms with Gasteiger partial charge in [-0.15, -0.1) is 0 Å². The molecule has 0 aliphatic carbocycles. The smallest absolute Gasteiger partial charge is 0.251 e. The van der Waals surface area contributed by atoms with Gasteiger partial charge in [0.05, 0.1) is 11.6 Å². The Kier molecular flexibility index (Phi) is 6.85. The second kappa shape index (κ2) is 9.18. The lowest BCUT2D eigenvalue weighted by molar-refractivity contribution is 0.0811. The van der Waals surface area contributed by atoms with E-state index in [9.17, 15) is 4.79 Å². The van der Waals surface area contributed by atoms with Crippen LogP contribution in [0.25, 0.3) is 0 Å². The molecule has 0 saturated carbocycles. The number of H-pyrrole nitrogens is 1. The number of aromatic amines is 1. The molecule has 0 bridgehead atoms. The minimum Gasteiger partial charge on any atom is -0.489 e. The molecule has 0 radical (unpaired) electrons. The Hall–Kier alpha value is -2.05. The zero-order valence-electron chi connectivity index (χ0n) is 17.7. The molecule has 1 aromatic carbocycles. The average Bonchev–Trinajstić information content (AvgIpc) is 3.07. The molecule has 2 N–H and O–H groups in total. The molecule has 1 aliphatic heterocycles. The summed E-state index contributed by atoms with van der Waals surface area (Å²) in [5.74, 6) is 1.17. The van der Waals surface area contributed by atoms with Crippen LogP contribution in [0.4, 0.5) is 0 Å². The van der Waals surface area contributed by atoms with Gasteiger partial charge in [-0.25, -0.2) is 4.98 Å². The number of carbonyl (C=O) groups excluding carboxylic acids is 1. The van der Waals surface area contributed by atoms with E-state index in [4.69, 9.17) is 16.3 Å². The Morgan fingerprint density at radius 2 is 2.07 bits per heavy atom. The highest BCUT2D eigenvalue weighted by atomic mass is 35.5. The molecule has 6 nitrogen and oxygen atoms in total. The first-order valence-electron chi connectivity index (χ1n) is 10.2. The number of aromatic nitrogens is 2. The molecule has 2 heterocycles. The number of benzene rings is 1. The highest BCUT2D eigenvalue weighted by Gasteiger charge is 2.24. The predicted molar refractivity (Wildman–Crippen MR) is 115 cm³/mol. The molecule has 7 heteroatoms. The average molecular weight is 419 g/mol. The SMILES string of the molecule is Cc1cnc(CNC(=O)c2ccc(OC3CCN(CC(C)(C)C)CC3)c(Cl)c2)[nH]1. The van der Waals surface area contributed by atoms with E-state index in [-0.39, 0.29) is 12.0 Å². The number of hydrogen-bond acceptors (Lipinski definition) is 4. The number of nitrogens with zero attached hydrogens (tertiary/aromatic N) is 2. The number of imidazole rings is 1. The van der Waals surface area contributed by atoms with Crippen molar-refractivity contribution in [3.05, 3.63) is 46.5 Å². The van der Waals surface area contributed by atoms with E-state index < -0.39 is 0 Å². The van der Waals surface area contributed by atoms with Gasteiger partial charge in [0.25, 0.3) is 5.91 Å². The topological polar surface area (TPSA) is 70.2 Å². The van der Waals surface area contributed by atoms with Crippen LogP contribution in [0, 0.1) is 12.3 Å².